The fourth-order valence-electron chi connectivity index (χ4n) is 9.47. The number of aromatic nitrogens is 2. The molecule has 0 aliphatic rings. The minimum absolute atomic E-state index is 1.14. The second-order valence-electron chi connectivity index (χ2n) is 16.2. The van der Waals surface area contributed by atoms with Gasteiger partial charge in [0.05, 0.1) is 22.1 Å². The minimum atomic E-state index is 1.14. The lowest BCUT2D eigenvalue weighted by atomic mass is 9.98. The van der Waals surface area contributed by atoms with E-state index in [1.54, 1.807) is 0 Å². The summed E-state index contributed by atoms with van der Waals surface area (Å²) in [6, 6.07) is 88.5. The van der Waals surface area contributed by atoms with E-state index in [0.29, 0.717) is 0 Å². The van der Waals surface area contributed by atoms with Gasteiger partial charge >= 0.3 is 0 Å². The lowest BCUT2D eigenvalue weighted by Crippen LogP contribution is -1.94. The Balaban J connectivity index is 1.05. The van der Waals surface area contributed by atoms with Gasteiger partial charge in [0.1, 0.15) is 0 Å². The van der Waals surface area contributed by atoms with Crippen LogP contribution in [-0.2, 0) is 0 Å². The molecule has 62 heavy (non-hydrogen) atoms. The lowest BCUT2D eigenvalue weighted by Gasteiger charge is -2.11. The van der Waals surface area contributed by atoms with Gasteiger partial charge in [-0.05, 0) is 128 Å². The maximum absolute atomic E-state index is 2.43. The highest BCUT2D eigenvalue weighted by atomic mass is 15.0. The van der Waals surface area contributed by atoms with Crippen LogP contribution in [0.25, 0.3) is 111 Å². The van der Waals surface area contributed by atoms with Crippen LogP contribution in [0.4, 0.5) is 0 Å². The average molecular weight is 789 g/mol. The van der Waals surface area contributed by atoms with Crippen LogP contribution >= 0.6 is 0 Å². The molecule has 290 valence electrons. The molecule has 2 nitrogen and oxygen atoms in total. The molecule has 10 aromatic carbocycles. The molecule has 0 aliphatic carbocycles. The molecule has 0 fully saturated rings. The van der Waals surface area contributed by atoms with Crippen molar-refractivity contribution in [3.8, 4) is 67.0 Å². The summed E-state index contributed by atoms with van der Waals surface area (Å²) >= 11 is 0. The van der Waals surface area contributed by atoms with Crippen LogP contribution in [0.3, 0.4) is 0 Å². The molecule has 2 heterocycles. The van der Waals surface area contributed by atoms with Crippen molar-refractivity contribution in [1.82, 2.24) is 9.13 Å². The molecule has 0 saturated heterocycles. The summed E-state index contributed by atoms with van der Waals surface area (Å²) in [4.78, 5) is 0. The Hall–Kier alpha value is -8.20. The van der Waals surface area contributed by atoms with Crippen LogP contribution in [0.2, 0.25) is 0 Å². The summed E-state index contributed by atoms with van der Waals surface area (Å²) in [5.41, 5.74) is 19.1. The van der Waals surface area contributed by atoms with E-state index in [2.05, 4.69) is 252 Å². The van der Waals surface area contributed by atoms with Crippen LogP contribution in [0.1, 0.15) is 0 Å². The van der Waals surface area contributed by atoms with Crippen molar-refractivity contribution in [2.24, 2.45) is 0 Å². The summed E-state index contributed by atoms with van der Waals surface area (Å²) in [5, 5.41) is 4.93. The second-order valence-corrected chi connectivity index (χ2v) is 16.2. The Morgan fingerprint density at radius 2 is 0.452 bits per heavy atom. The van der Waals surface area contributed by atoms with Crippen molar-refractivity contribution in [3.05, 3.63) is 243 Å². The van der Waals surface area contributed by atoms with E-state index >= 15 is 0 Å². The summed E-state index contributed by atoms with van der Waals surface area (Å²) in [7, 11) is 0. The van der Waals surface area contributed by atoms with Gasteiger partial charge in [0.15, 0.2) is 0 Å². The fraction of sp³-hybridized carbons (Fsp3) is 0. The van der Waals surface area contributed by atoms with Crippen molar-refractivity contribution in [1.29, 1.82) is 0 Å². The van der Waals surface area contributed by atoms with E-state index in [1.807, 2.05) is 0 Å². The highest BCUT2D eigenvalue weighted by molar-refractivity contribution is 6.14. The first-order valence-corrected chi connectivity index (χ1v) is 21.3. The Labute approximate surface area is 360 Å². The zero-order valence-electron chi connectivity index (χ0n) is 34.0. The van der Waals surface area contributed by atoms with Crippen LogP contribution < -0.4 is 0 Å². The molecule has 12 rings (SSSR count). The zero-order valence-corrected chi connectivity index (χ0v) is 34.0. The van der Waals surface area contributed by atoms with Crippen molar-refractivity contribution >= 4 is 43.6 Å². The van der Waals surface area contributed by atoms with Gasteiger partial charge in [-0.2, -0.15) is 0 Å². The summed E-state index contributed by atoms with van der Waals surface area (Å²) in [5.74, 6) is 0. The van der Waals surface area contributed by atoms with Gasteiger partial charge < -0.3 is 9.13 Å². The monoisotopic (exact) mass is 788 g/mol. The predicted molar refractivity (Wildman–Crippen MR) is 262 cm³/mol. The number of hydrogen-bond donors (Lipinski definition) is 0. The largest absolute Gasteiger partial charge is 0.309 e. The van der Waals surface area contributed by atoms with Gasteiger partial charge in [0.2, 0.25) is 0 Å². The SMILES string of the molecule is c1ccc(-c2ccc(-n3c4ccc(-c5ccccc5)cc4c4cc(-c5ccc6c(c5)c5cc(-c7ccccc7)ccc5n6-c5cccc(-c6ccccc6)c5)ccc43)cc2)cc1. The first kappa shape index (κ1) is 35.7. The summed E-state index contributed by atoms with van der Waals surface area (Å²) < 4.78 is 4.85. The van der Waals surface area contributed by atoms with Crippen molar-refractivity contribution in [2.75, 3.05) is 0 Å². The number of hydrogen-bond acceptors (Lipinski definition) is 0. The van der Waals surface area contributed by atoms with E-state index < -0.39 is 0 Å². The molecule has 0 saturated carbocycles. The molecule has 0 unspecified atom stereocenters. The first-order valence-electron chi connectivity index (χ1n) is 21.3. The summed E-state index contributed by atoms with van der Waals surface area (Å²) in [6.45, 7) is 0. The molecular weight excluding hydrogens is 749 g/mol. The molecule has 0 amide bonds. The van der Waals surface area contributed by atoms with Crippen LogP contribution in [0.15, 0.2) is 243 Å². The van der Waals surface area contributed by atoms with Gasteiger partial charge in [0.25, 0.3) is 0 Å². The highest BCUT2D eigenvalue weighted by Crippen LogP contribution is 2.41. The van der Waals surface area contributed by atoms with Gasteiger partial charge in [0, 0.05) is 32.9 Å². The number of benzene rings is 10. The number of nitrogens with zero attached hydrogens (tertiary/aromatic N) is 2. The van der Waals surface area contributed by atoms with Gasteiger partial charge in [-0.25, -0.2) is 0 Å². The molecule has 0 spiro atoms. The molecule has 0 aliphatic heterocycles. The summed E-state index contributed by atoms with van der Waals surface area (Å²) in [6.07, 6.45) is 0. The molecule has 0 N–H and O–H groups in total. The molecule has 12 aromatic rings. The first-order chi connectivity index (χ1) is 30.7. The third kappa shape index (κ3) is 6.12. The Morgan fingerprint density at radius 3 is 0.839 bits per heavy atom. The topological polar surface area (TPSA) is 9.86 Å². The van der Waals surface area contributed by atoms with E-state index in [-0.39, 0.29) is 0 Å². The zero-order chi connectivity index (χ0) is 41.0. The van der Waals surface area contributed by atoms with E-state index in [0.717, 1.165) is 11.4 Å². The molecule has 2 heteroatoms. The van der Waals surface area contributed by atoms with Crippen molar-refractivity contribution in [3.63, 3.8) is 0 Å². The quantitative estimate of drug-likeness (QED) is 0.152. The standard InChI is InChI=1S/C60H40N2/c1-5-14-41(15-6-1)45-24-30-51(31-25-45)61-57-32-26-47(43-18-9-3-10-19-43)37-53(57)55-39-49(28-34-58(55)61)50-29-35-60-56(40-50)54-38-48(44-20-11-4-12-21-44)27-33-59(54)62(60)52-23-13-22-46(36-52)42-16-7-2-8-17-42/h1-40H. The van der Waals surface area contributed by atoms with Gasteiger partial charge in [-0.15, -0.1) is 0 Å². The average Bonchev–Trinajstić information content (AvgIpc) is 3.86. The third-order valence-electron chi connectivity index (χ3n) is 12.5. The molecule has 0 atom stereocenters. The third-order valence-corrected chi connectivity index (χ3v) is 12.5. The Morgan fingerprint density at radius 1 is 0.177 bits per heavy atom. The van der Waals surface area contributed by atoms with E-state index in [1.165, 1.54) is 99.2 Å². The van der Waals surface area contributed by atoms with Crippen molar-refractivity contribution in [2.45, 2.75) is 0 Å². The smallest absolute Gasteiger partial charge is 0.0541 e. The van der Waals surface area contributed by atoms with E-state index in [4.69, 9.17) is 0 Å². The molecule has 2 aromatic heterocycles. The second kappa shape index (κ2) is 14.8. The van der Waals surface area contributed by atoms with Crippen LogP contribution in [0, 0.1) is 0 Å². The number of rotatable bonds is 7. The Kier molecular flexibility index (Phi) is 8.53. The predicted octanol–water partition coefficient (Wildman–Crippen LogP) is 16.2. The Bertz CT molecular complexity index is 3580. The molecule has 0 bridgehead atoms. The maximum Gasteiger partial charge on any atom is 0.0541 e. The number of fused-ring (bicyclic) bond motifs is 6. The normalized spacial score (nSPS) is 11.5. The van der Waals surface area contributed by atoms with Crippen LogP contribution in [0.5, 0.6) is 0 Å². The highest BCUT2D eigenvalue weighted by Gasteiger charge is 2.18. The molecular formula is C60H40N2. The molecule has 0 radical (unpaired) electrons. The lowest BCUT2D eigenvalue weighted by molar-refractivity contribution is 1.18. The van der Waals surface area contributed by atoms with Gasteiger partial charge in [-0.1, -0.05) is 170 Å². The van der Waals surface area contributed by atoms with Gasteiger partial charge in [-0.3, -0.25) is 0 Å². The minimum Gasteiger partial charge on any atom is -0.309 e. The van der Waals surface area contributed by atoms with Crippen LogP contribution in [-0.4, -0.2) is 9.13 Å². The maximum atomic E-state index is 2.43. The van der Waals surface area contributed by atoms with Crippen molar-refractivity contribution < 1.29 is 0 Å². The fourth-order valence-corrected chi connectivity index (χ4v) is 9.47. The van der Waals surface area contributed by atoms with E-state index in [9.17, 15) is 0 Å².